The molecule has 9 heteroatoms. The minimum Gasteiger partial charge on any atom is -0.403 e. The predicted molar refractivity (Wildman–Crippen MR) is 109 cm³/mol. The standard InChI is InChI=1S/C19H18BrN3O4S/c1-13-7-9-16(10-8-13)28(25,26)11-3-6-17(24)21-19-23-22-18(27-19)14-4-2-5-15(20)12-14/h2,4-5,7-10,12H,3,6,11H2,1H3,(H,21,23,24). The molecule has 0 spiro atoms. The van der Waals surface area contributed by atoms with Crippen LogP contribution in [0.25, 0.3) is 11.5 Å². The number of amides is 1. The summed E-state index contributed by atoms with van der Waals surface area (Å²) in [7, 11) is -3.42. The summed E-state index contributed by atoms with van der Waals surface area (Å²) in [6.45, 7) is 1.89. The SMILES string of the molecule is Cc1ccc(S(=O)(=O)CCCC(=O)Nc2nnc(-c3cccc(Br)c3)o2)cc1. The summed E-state index contributed by atoms with van der Waals surface area (Å²) in [5.74, 6) is -0.224. The third kappa shape index (κ3) is 5.26. The second-order valence-corrected chi connectivity index (χ2v) is 9.23. The van der Waals surface area contributed by atoms with Crippen molar-refractivity contribution in [2.24, 2.45) is 0 Å². The topological polar surface area (TPSA) is 102 Å². The van der Waals surface area contributed by atoms with Crippen LogP contribution in [0.1, 0.15) is 18.4 Å². The third-order valence-corrected chi connectivity index (χ3v) is 6.25. The molecule has 1 amide bonds. The number of benzene rings is 2. The Hall–Kier alpha value is -2.52. The van der Waals surface area contributed by atoms with E-state index in [-0.39, 0.29) is 41.3 Å². The van der Waals surface area contributed by atoms with Crippen LogP contribution in [0.4, 0.5) is 6.01 Å². The van der Waals surface area contributed by atoms with Gasteiger partial charge in [0, 0.05) is 16.5 Å². The van der Waals surface area contributed by atoms with Crippen LogP contribution in [0.5, 0.6) is 0 Å². The van der Waals surface area contributed by atoms with Gasteiger partial charge in [-0.2, -0.15) is 0 Å². The number of sulfone groups is 1. The maximum absolute atomic E-state index is 12.3. The van der Waals surface area contributed by atoms with Crippen LogP contribution in [0, 0.1) is 6.92 Å². The van der Waals surface area contributed by atoms with Crippen molar-refractivity contribution in [3.05, 3.63) is 58.6 Å². The number of hydrogen-bond donors (Lipinski definition) is 1. The average molecular weight is 464 g/mol. The second-order valence-electron chi connectivity index (χ2n) is 6.21. The van der Waals surface area contributed by atoms with Gasteiger partial charge in [0.25, 0.3) is 0 Å². The molecule has 1 heterocycles. The molecule has 2 aromatic carbocycles. The van der Waals surface area contributed by atoms with Gasteiger partial charge in [-0.25, -0.2) is 8.42 Å². The van der Waals surface area contributed by atoms with Crippen LogP contribution in [0.15, 0.2) is 62.3 Å². The number of aromatic nitrogens is 2. The van der Waals surface area contributed by atoms with E-state index < -0.39 is 9.84 Å². The van der Waals surface area contributed by atoms with E-state index in [1.54, 1.807) is 30.3 Å². The van der Waals surface area contributed by atoms with Gasteiger partial charge in [0.05, 0.1) is 10.6 Å². The van der Waals surface area contributed by atoms with Gasteiger partial charge in [0.1, 0.15) is 0 Å². The zero-order chi connectivity index (χ0) is 20.1. The van der Waals surface area contributed by atoms with Crippen molar-refractivity contribution in [2.75, 3.05) is 11.1 Å². The first-order valence-electron chi connectivity index (χ1n) is 8.52. The number of halogens is 1. The average Bonchev–Trinajstić information content (AvgIpc) is 3.10. The van der Waals surface area contributed by atoms with E-state index in [1.807, 2.05) is 25.1 Å². The fourth-order valence-corrected chi connectivity index (χ4v) is 4.19. The lowest BCUT2D eigenvalue weighted by molar-refractivity contribution is -0.116. The highest BCUT2D eigenvalue weighted by Gasteiger charge is 2.16. The molecule has 0 saturated carbocycles. The molecule has 0 radical (unpaired) electrons. The molecule has 7 nitrogen and oxygen atoms in total. The normalized spacial score (nSPS) is 11.4. The first kappa shape index (κ1) is 20.2. The van der Waals surface area contributed by atoms with Crippen molar-refractivity contribution in [3.8, 4) is 11.5 Å². The second kappa shape index (κ2) is 8.66. The molecule has 3 rings (SSSR count). The quantitative estimate of drug-likeness (QED) is 0.567. The summed E-state index contributed by atoms with van der Waals surface area (Å²) in [6.07, 6.45) is 0.217. The van der Waals surface area contributed by atoms with Gasteiger partial charge in [0.2, 0.25) is 11.8 Å². The van der Waals surface area contributed by atoms with Gasteiger partial charge in [-0.15, -0.1) is 5.10 Å². The largest absolute Gasteiger partial charge is 0.403 e. The Morgan fingerprint density at radius 1 is 1.14 bits per heavy atom. The lowest BCUT2D eigenvalue weighted by Crippen LogP contribution is -2.14. The number of aryl methyl sites for hydroxylation is 1. The Labute approximate surface area is 171 Å². The molecule has 28 heavy (non-hydrogen) atoms. The molecule has 146 valence electrons. The molecule has 0 fully saturated rings. The summed E-state index contributed by atoms with van der Waals surface area (Å²) in [5.41, 5.74) is 1.70. The molecule has 0 aliphatic heterocycles. The monoisotopic (exact) mass is 463 g/mol. The number of rotatable bonds is 7. The minimum absolute atomic E-state index is 0.0265. The van der Waals surface area contributed by atoms with E-state index >= 15 is 0 Å². The van der Waals surface area contributed by atoms with E-state index in [2.05, 4.69) is 31.4 Å². The molecular formula is C19H18BrN3O4S. The van der Waals surface area contributed by atoms with Crippen molar-refractivity contribution >= 4 is 37.7 Å². The molecule has 0 atom stereocenters. The molecule has 0 aliphatic rings. The fraction of sp³-hybridized carbons (Fsp3) is 0.211. The molecule has 0 saturated heterocycles. The Morgan fingerprint density at radius 3 is 2.61 bits per heavy atom. The Balaban J connectivity index is 1.53. The van der Waals surface area contributed by atoms with Gasteiger partial charge >= 0.3 is 6.01 Å². The highest BCUT2D eigenvalue weighted by Crippen LogP contribution is 2.23. The summed E-state index contributed by atoms with van der Waals surface area (Å²) in [6, 6.07) is 13.9. The summed E-state index contributed by atoms with van der Waals surface area (Å²) >= 11 is 3.36. The molecule has 0 bridgehead atoms. The highest BCUT2D eigenvalue weighted by molar-refractivity contribution is 9.10. The number of hydrogen-bond acceptors (Lipinski definition) is 6. The molecule has 0 unspecified atom stereocenters. The van der Waals surface area contributed by atoms with Crippen LogP contribution in [-0.4, -0.2) is 30.3 Å². The zero-order valence-corrected chi connectivity index (χ0v) is 17.5. The lowest BCUT2D eigenvalue weighted by Gasteiger charge is -2.05. The van der Waals surface area contributed by atoms with Gasteiger partial charge < -0.3 is 4.42 Å². The lowest BCUT2D eigenvalue weighted by atomic mass is 10.2. The van der Waals surface area contributed by atoms with Gasteiger partial charge in [-0.05, 0) is 43.7 Å². The third-order valence-electron chi connectivity index (χ3n) is 3.94. The van der Waals surface area contributed by atoms with Crippen molar-refractivity contribution in [1.29, 1.82) is 0 Å². The van der Waals surface area contributed by atoms with Crippen LogP contribution in [0.3, 0.4) is 0 Å². The number of anilines is 1. The first-order chi connectivity index (χ1) is 13.3. The molecular weight excluding hydrogens is 446 g/mol. The molecule has 3 aromatic rings. The van der Waals surface area contributed by atoms with Gasteiger partial charge in [0.15, 0.2) is 9.84 Å². The van der Waals surface area contributed by atoms with Gasteiger partial charge in [-0.3, -0.25) is 10.1 Å². The maximum atomic E-state index is 12.3. The van der Waals surface area contributed by atoms with Crippen LogP contribution in [-0.2, 0) is 14.6 Å². The van der Waals surface area contributed by atoms with Crippen molar-refractivity contribution < 1.29 is 17.6 Å². The smallest absolute Gasteiger partial charge is 0.322 e. The maximum Gasteiger partial charge on any atom is 0.322 e. The minimum atomic E-state index is -3.42. The number of carbonyl (C=O) groups is 1. The summed E-state index contributed by atoms with van der Waals surface area (Å²) < 4.78 is 30.9. The van der Waals surface area contributed by atoms with Crippen molar-refractivity contribution in [1.82, 2.24) is 10.2 Å². The Bertz CT molecular complexity index is 1080. The summed E-state index contributed by atoms with van der Waals surface area (Å²) in [5, 5.41) is 10.2. The number of nitrogens with one attached hydrogen (secondary N) is 1. The number of nitrogens with zero attached hydrogens (tertiary/aromatic N) is 2. The van der Waals surface area contributed by atoms with E-state index in [1.165, 1.54) is 0 Å². The van der Waals surface area contributed by atoms with Crippen molar-refractivity contribution in [2.45, 2.75) is 24.7 Å². The fourth-order valence-electron chi connectivity index (χ4n) is 2.48. The van der Waals surface area contributed by atoms with Crippen LogP contribution >= 0.6 is 15.9 Å². The van der Waals surface area contributed by atoms with E-state index in [0.717, 1.165) is 10.0 Å². The molecule has 1 aromatic heterocycles. The first-order valence-corrected chi connectivity index (χ1v) is 11.0. The van der Waals surface area contributed by atoms with E-state index in [0.29, 0.717) is 5.56 Å². The number of carbonyl (C=O) groups excluding carboxylic acids is 1. The molecule has 1 N–H and O–H groups in total. The highest BCUT2D eigenvalue weighted by atomic mass is 79.9. The van der Waals surface area contributed by atoms with Crippen LogP contribution < -0.4 is 5.32 Å². The predicted octanol–water partition coefficient (Wildman–Crippen LogP) is 4.00. The Kier molecular flexibility index (Phi) is 6.25. The summed E-state index contributed by atoms with van der Waals surface area (Å²) in [4.78, 5) is 12.3. The van der Waals surface area contributed by atoms with Gasteiger partial charge in [-0.1, -0.05) is 44.8 Å². The van der Waals surface area contributed by atoms with E-state index in [9.17, 15) is 13.2 Å². The molecule has 0 aliphatic carbocycles. The van der Waals surface area contributed by atoms with E-state index in [4.69, 9.17) is 4.42 Å². The van der Waals surface area contributed by atoms with Crippen molar-refractivity contribution in [3.63, 3.8) is 0 Å². The Morgan fingerprint density at radius 2 is 1.89 bits per heavy atom. The zero-order valence-electron chi connectivity index (χ0n) is 15.1. The van der Waals surface area contributed by atoms with Crippen LogP contribution in [0.2, 0.25) is 0 Å².